The van der Waals surface area contributed by atoms with Gasteiger partial charge in [-0.25, -0.2) is 4.57 Å². The lowest BCUT2D eigenvalue weighted by Crippen LogP contribution is -2.32. The predicted molar refractivity (Wildman–Crippen MR) is 142 cm³/mol. The van der Waals surface area contributed by atoms with Crippen LogP contribution in [0.15, 0.2) is 83.8 Å². The maximum atomic E-state index is 13.5. The summed E-state index contributed by atoms with van der Waals surface area (Å²) in [6.45, 7) is 12.7. The van der Waals surface area contributed by atoms with Crippen molar-refractivity contribution in [3.63, 3.8) is 0 Å². The third kappa shape index (κ3) is 4.79. The summed E-state index contributed by atoms with van der Waals surface area (Å²) < 4.78 is 3.44. The van der Waals surface area contributed by atoms with Crippen molar-refractivity contribution in [3.05, 3.63) is 89.8 Å². The highest BCUT2D eigenvalue weighted by atomic mass is 32.2. The monoisotopic (exact) mass is 487 g/mol. The second kappa shape index (κ2) is 10.7. The fraction of sp³-hybridized carbons (Fsp3) is 0.259. The highest BCUT2D eigenvalue weighted by Gasteiger charge is 2.20. The van der Waals surface area contributed by atoms with Gasteiger partial charge in [-0.3, -0.25) is 14.0 Å². The molecule has 2 aromatic carbocycles. The molecule has 0 bridgehead atoms. The average molecular weight is 488 g/mol. The number of thioether (sulfide) groups is 1. The smallest absolute Gasteiger partial charge is 0.267 e. The molecule has 1 unspecified atom stereocenters. The number of amides is 1. The van der Waals surface area contributed by atoms with Crippen LogP contribution in [0.5, 0.6) is 0 Å². The van der Waals surface area contributed by atoms with Crippen LogP contribution in [0.1, 0.15) is 31.7 Å². The molecule has 1 atom stereocenters. The standard InChI is InChI=1S/C27H29N5O2S/c1-5-16-30(17-6-2)24(33)18-35-27-29-28-26-31(21-14-12-20(13-15-21)19(4)7-3)25(34)22-10-8-9-11-23(22)32(26)27/h5-6,8-15,19H,1-2,7,16-18H2,3-4H3. The lowest BCUT2D eigenvalue weighted by Gasteiger charge is -2.18. The Morgan fingerprint density at radius 1 is 1.09 bits per heavy atom. The molecule has 0 fully saturated rings. The maximum absolute atomic E-state index is 13.5. The van der Waals surface area contributed by atoms with E-state index in [2.05, 4.69) is 49.3 Å². The Kier molecular flexibility index (Phi) is 7.51. The van der Waals surface area contributed by atoms with Crippen molar-refractivity contribution in [2.24, 2.45) is 0 Å². The number of aromatic nitrogens is 4. The summed E-state index contributed by atoms with van der Waals surface area (Å²) in [5.74, 6) is 0.978. The Morgan fingerprint density at radius 3 is 2.43 bits per heavy atom. The van der Waals surface area contributed by atoms with E-state index in [9.17, 15) is 9.59 Å². The number of para-hydroxylation sites is 1. The van der Waals surface area contributed by atoms with E-state index >= 15 is 0 Å². The molecule has 35 heavy (non-hydrogen) atoms. The summed E-state index contributed by atoms with van der Waals surface area (Å²) in [5, 5.41) is 9.84. The Morgan fingerprint density at radius 2 is 1.77 bits per heavy atom. The Balaban J connectivity index is 1.79. The van der Waals surface area contributed by atoms with Gasteiger partial charge < -0.3 is 4.90 Å². The fourth-order valence-corrected chi connectivity index (χ4v) is 4.84. The molecular weight excluding hydrogens is 458 g/mol. The Hall–Kier alpha value is -3.65. The van der Waals surface area contributed by atoms with Gasteiger partial charge in [0, 0.05) is 13.1 Å². The first kappa shape index (κ1) is 24.5. The molecule has 0 saturated heterocycles. The van der Waals surface area contributed by atoms with Crippen LogP contribution in [0.25, 0.3) is 22.4 Å². The van der Waals surface area contributed by atoms with E-state index in [4.69, 9.17) is 0 Å². The molecule has 4 aromatic rings. The third-order valence-corrected chi connectivity index (χ3v) is 7.02. The first-order chi connectivity index (χ1) is 17.0. The zero-order chi connectivity index (χ0) is 24.9. The van der Waals surface area contributed by atoms with Gasteiger partial charge in [-0.15, -0.1) is 23.4 Å². The van der Waals surface area contributed by atoms with Gasteiger partial charge in [0.2, 0.25) is 11.7 Å². The lowest BCUT2D eigenvalue weighted by molar-refractivity contribution is -0.127. The average Bonchev–Trinajstić information content (AvgIpc) is 3.31. The fourth-order valence-electron chi connectivity index (χ4n) is 4.00. The van der Waals surface area contributed by atoms with E-state index in [-0.39, 0.29) is 17.2 Å². The highest BCUT2D eigenvalue weighted by molar-refractivity contribution is 7.99. The predicted octanol–water partition coefficient (Wildman–Crippen LogP) is 4.84. The number of benzene rings is 2. The van der Waals surface area contributed by atoms with E-state index < -0.39 is 0 Å². The largest absolute Gasteiger partial charge is 0.335 e. The zero-order valence-electron chi connectivity index (χ0n) is 20.1. The summed E-state index contributed by atoms with van der Waals surface area (Å²) in [5.41, 5.74) is 2.49. The number of hydrogen-bond acceptors (Lipinski definition) is 5. The summed E-state index contributed by atoms with van der Waals surface area (Å²) in [4.78, 5) is 28.0. The number of rotatable bonds is 10. The van der Waals surface area contributed by atoms with Crippen LogP contribution >= 0.6 is 11.8 Å². The molecular formula is C27H29N5O2S. The molecule has 0 radical (unpaired) electrons. The number of hydrogen-bond donors (Lipinski definition) is 0. The quantitative estimate of drug-likeness (QED) is 0.236. The second-order valence-corrected chi connectivity index (χ2v) is 9.28. The van der Waals surface area contributed by atoms with Crippen molar-refractivity contribution >= 4 is 34.3 Å². The number of fused-ring (bicyclic) bond motifs is 3. The van der Waals surface area contributed by atoms with Crippen LogP contribution in [0.2, 0.25) is 0 Å². The summed E-state index contributed by atoms with van der Waals surface area (Å²) in [6, 6.07) is 15.4. The molecule has 0 saturated carbocycles. The first-order valence-electron chi connectivity index (χ1n) is 11.6. The Bertz CT molecular complexity index is 1430. The van der Waals surface area contributed by atoms with Crippen LogP contribution in [-0.2, 0) is 4.79 Å². The van der Waals surface area contributed by atoms with Gasteiger partial charge >= 0.3 is 0 Å². The molecule has 180 valence electrons. The van der Waals surface area contributed by atoms with Crippen LogP contribution in [0.4, 0.5) is 0 Å². The van der Waals surface area contributed by atoms with Crippen LogP contribution in [0.3, 0.4) is 0 Å². The second-order valence-electron chi connectivity index (χ2n) is 8.34. The van der Waals surface area contributed by atoms with Crippen LogP contribution < -0.4 is 5.56 Å². The molecule has 8 heteroatoms. The van der Waals surface area contributed by atoms with Gasteiger partial charge in [0.25, 0.3) is 5.56 Å². The summed E-state index contributed by atoms with van der Waals surface area (Å²) in [6.07, 6.45) is 4.43. The van der Waals surface area contributed by atoms with E-state index in [1.165, 1.54) is 17.3 Å². The van der Waals surface area contributed by atoms with Crippen molar-refractivity contribution in [1.29, 1.82) is 0 Å². The van der Waals surface area contributed by atoms with Gasteiger partial charge in [0.15, 0.2) is 5.16 Å². The van der Waals surface area contributed by atoms with Crippen molar-refractivity contribution < 1.29 is 4.79 Å². The maximum Gasteiger partial charge on any atom is 0.267 e. The number of carbonyl (C=O) groups is 1. The molecule has 2 heterocycles. The molecule has 7 nitrogen and oxygen atoms in total. The van der Waals surface area contributed by atoms with Gasteiger partial charge in [-0.1, -0.05) is 62.0 Å². The third-order valence-electron chi connectivity index (χ3n) is 6.10. The van der Waals surface area contributed by atoms with E-state index in [1.54, 1.807) is 27.7 Å². The van der Waals surface area contributed by atoms with Gasteiger partial charge in [-0.2, -0.15) is 0 Å². The van der Waals surface area contributed by atoms with Crippen LogP contribution in [0, 0.1) is 0 Å². The SMILES string of the molecule is C=CCN(CC=C)C(=O)CSc1nnc2n(-c3ccc(C(C)CC)cc3)c(=O)c3ccccc3n12. The molecule has 4 rings (SSSR count). The van der Waals surface area contributed by atoms with Crippen LogP contribution in [-0.4, -0.2) is 48.8 Å². The highest BCUT2D eigenvalue weighted by Crippen LogP contribution is 2.25. The molecule has 0 aliphatic heterocycles. The van der Waals surface area contributed by atoms with Gasteiger partial charge in [-0.05, 0) is 42.2 Å². The summed E-state index contributed by atoms with van der Waals surface area (Å²) in [7, 11) is 0. The van der Waals surface area contributed by atoms with Gasteiger partial charge in [0.1, 0.15) is 0 Å². The minimum absolute atomic E-state index is 0.0511. The molecule has 0 spiro atoms. The Labute approximate surface area is 208 Å². The topological polar surface area (TPSA) is 72.5 Å². The van der Waals surface area contributed by atoms with Crippen molar-refractivity contribution in [2.75, 3.05) is 18.8 Å². The number of carbonyl (C=O) groups excluding carboxylic acids is 1. The molecule has 2 aromatic heterocycles. The minimum atomic E-state index is -0.160. The van der Waals surface area contributed by atoms with Crippen molar-refractivity contribution in [3.8, 4) is 5.69 Å². The summed E-state index contributed by atoms with van der Waals surface area (Å²) >= 11 is 1.29. The van der Waals surface area contributed by atoms with Crippen molar-refractivity contribution in [2.45, 2.75) is 31.3 Å². The van der Waals surface area contributed by atoms with Gasteiger partial charge in [0.05, 0.1) is 22.3 Å². The molecule has 0 aliphatic carbocycles. The number of nitrogens with zero attached hydrogens (tertiary/aromatic N) is 5. The van der Waals surface area contributed by atoms with Crippen molar-refractivity contribution in [1.82, 2.24) is 24.1 Å². The molecule has 1 amide bonds. The molecule has 0 N–H and O–H groups in total. The molecule has 0 aliphatic rings. The first-order valence-corrected chi connectivity index (χ1v) is 12.6. The minimum Gasteiger partial charge on any atom is -0.335 e. The zero-order valence-corrected chi connectivity index (χ0v) is 20.9. The lowest BCUT2D eigenvalue weighted by atomic mass is 9.98. The van der Waals surface area contributed by atoms with E-state index in [0.29, 0.717) is 40.8 Å². The van der Waals surface area contributed by atoms with E-state index in [1.807, 2.05) is 34.7 Å². The normalized spacial score (nSPS) is 12.1. The van der Waals surface area contributed by atoms with E-state index in [0.717, 1.165) is 12.1 Å².